The second kappa shape index (κ2) is 12.1. The molecule has 2 aromatic heterocycles. The molecule has 3 aliphatic heterocycles. The molecule has 3 saturated heterocycles. The Morgan fingerprint density at radius 3 is 2.49 bits per heavy atom. The molecule has 2 N–H and O–H groups in total. The number of anilines is 1. The van der Waals surface area contributed by atoms with Crippen LogP contribution in [0.15, 0.2) is 42.6 Å². The standard InChI is InChI=1S/C33H36F4N6O3S/c34-28-26(16-23-9-1-7-22-8-2-10-25(27(22)23)33(35,36)37)39-17-24-29(28)40-31(46-20-32-11-4-14-43(32)15-5-12-32)41-30(24)42-13-3-6-21(18-42)19-47(38,44)45/h1-2,7-10,17,21H,3-6,11-16,18-20H2,(H2,38,44,45). The minimum Gasteiger partial charge on any atom is -0.461 e. The molecular weight excluding hydrogens is 636 g/mol. The number of aromatic nitrogens is 3. The highest BCUT2D eigenvalue weighted by Crippen LogP contribution is 2.40. The van der Waals surface area contributed by atoms with Crippen LogP contribution in [0, 0.1) is 11.7 Å². The maximum Gasteiger partial charge on any atom is 0.417 e. The predicted octanol–water partition coefficient (Wildman–Crippen LogP) is 5.44. The first-order chi connectivity index (χ1) is 22.4. The monoisotopic (exact) mass is 672 g/mol. The Balaban J connectivity index is 1.29. The zero-order valence-electron chi connectivity index (χ0n) is 25.8. The van der Waals surface area contributed by atoms with Gasteiger partial charge in [0.2, 0.25) is 10.0 Å². The van der Waals surface area contributed by atoms with E-state index >= 15 is 4.39 Å². The summed E-state index contributed by atoms with van der Waals surface area (Å²) in [4.78, 5) is 18.0. The van der Waals surface area contributed by atoms with Crippen LogP contribution in [0.1, 0.15) is 55.3 Å². The molecule has 1 atom stereocenters. The van der Waals surface area contributed by atoms with E-state index < -0.39 is 27.6 Å². The van der Waals surface area contributed by atoms with Crippen molar-refractivity contribution < 1.29 is 30.7 Å². The lowest BCUT2D eigenvalue weighted by molar-refractivity contribution is -0.136. The number of rotatable bonds is 8. The summed E-state index contributed by atoms with van der Waals surface area (Å²) >= 11 is 0. The van der Waals surface area contributed by atoms with Crippen molar-refractivity contribution in [2.45, 2.75) is 56.7 Å². The van der Waals surface area contributed by atoms with Crippen LogP contribution in [0.5, 0.6) is 6.01 Å². The highest BCUT2D eigenvalue weighted by Gasteiger charge is 2.45. The fourth-order valence-electron chi connectivity index (χ4n) is 7.85. The van der Waals surface area contributed by atoms with Crippen LogP contribution in [-0.4, -0.2) is 72.3 Å². The quantitative estimate of drug-likeness (QED) is 0.246. The number of primary sulfonamides is 1. The van der Waals surface area contributed by atoms with Gasteiger partial charge in [0.05, 0.1) is 27.9 Å². The smallest absolute Gasteiger partial charge is 0.417 e. The molecule has 3 fully saturated rings. The van der Waals surface area contributed by atoms with Crippen LogP contribution in [0.25, 0.3) is 21.7 Å². The number of benzene rings is 2. The van der Waals surface area contributed by atoms with E-state index in [1.54, 1.807) is 24.3 Å². The fourth-order valence-corrected chi connectivity index (χ4v) is 8.78. The Bertz CT molecular complexity index is 1920. The molecule has 14 heteroatoms. The van der Waals surface area contributed by atoms with E-state index in [0.717, 1.165) is 44.8 Å². The average Bonchev–Trinajstić information content (AvgIpc) is 3.61. The SMILES string of the molecule is NS(=O)(=O)CC1CCCN(c2nc(OCC34CCCN3CCC4)nc3c(F)c(Cc4cccc5cccc(C(F)(F)F)c45)ncc23)C1. The lowest BCUT2D eigenvalue weighted by Gasteiger charge is -2.34. The number of hydrogen-bond donors (Lipinski definition) is 1. The maximum absolute atomic E-state index is 16.5. The van der Waals surface area contributed by atoms with Crippen molar-refractivity contribution in [1.29, 1.82) is 0 Å². The molecule has 1 unspecified atom stereocenters. The van der Waals surface area contributed by atoms with Crippen molar-refractivity contribution >= 4 is 37.5 Å². The average molecular weight is 673 g/mol. The van der Waals surface area contributed by atoms with E-state index in [4.69, 9.17) is 14.9 Å². The van der Waals surface area contributed by atoms with Crippen molar-refractivity contribution in [2.75, 3.05) is 43.4 Å². The van der Waals surface area contributed by atoms with Crippen molar-refractivity contribution in [2.24, 2.45) is 11.1 Å². The summed E-state index contributed by atoms with van der Waals surface area (Å²) in [5.41, 5.74) is -0.725. The Kier molecular flexibility index (Phi) is 8.24. The minimum absolute atomic E-state index is 0.00217. The number of alkyl halides is 3. The molecule has 3 aliphatic rings. The summed E-state index contributed by atoms with van der Waals surface area (Å²) in [7, 11) is -3.71. The molecule has 5 heterocycles. The van der Waals surface area contributed by atoms with Crippen molar-refractivity contribution in [3.8, 4) is 6.01 Å². The van der Waals surface area contributed by atoms with Crippen molar-refractivity contribution in [1.82, 2.24) is 19.9 Å². The van der Waals surface area contributed by atoms with Gasteiger partial charge in [-0.3, -0.25) is 9.88 Å². The zero-order valence-corrected chi connectivity index (χ0v) is 26.6. The third kappa shape index (κ3) is 6.34. The van der Waals surface area contributed by atoms with E-state index in [2.05, 4.69) is 14.9 Å². The summed E-state index contributed by atoms with van der Waals surface area (Å²) in [5.74, 6) is -0.824. The first kappa shape index (κ1) is 32.0. The normalized spacial score (nSPS) is 20.3. The Labute approximate surface area is 270 Å². The van der Waals surface area contributed by atoms with Gasteiger partial charge >= 0.3 is 12.2 Å². The predicted molar refractivity (Wildman–Crippen MR) is 170 cm³/mol. The third-order valence-electron chi connectivity index (χ3n) is 9.94. The van der Waals surface area contributed by atoms with Crippen LogP contribution in [0.3, 0.4) is 0 Å². The number of halogens is 4. The summed E-state index contributed by atoms with van der Waals surface area (Å²) < 4.78 is 88.6. The highest BCUT2D eigenvalue weighted by atomic mass is 32.2. The van der Waals surface area contributed by atoms with Crippen LogP contribution < -0.4 is 14.8 Å². The number of nitrogens with zero attached hydrogens (tertiary/aromatic N) is 5. The van der Waals surface area contributed by atoms with E-state index in [0.29, 0.717) is 49.1 Å². The summed E-state index contributed by atoms with van der Waals surface area (Å²) in [5, 5.41) is 6.06. The Morgan fingerprint density at radius 2 is 1.77 bits per heavy atom. The van der Waals surface area contributed by atoms with E-state index in [1.807, 2.05) is 4.90 Å². The van der Waals surface area contributed by atoms with Gasteiger partial charge in [-0.05, 0) is 79.9 Å². The van der Waals surface area contributed by atoms with Crippen LogP contribution in [0.2, 0.25) is 0 Å². The summed E-state index contributed by atoms with van der Waals surface area (Å²) in [6.45, 7) is 3.23. The van der Waals surface area contributed by atoms with Gasteiger partial charge in [0.1, 0.15) is 17.9 Å². The minimum atomic E-state index is -4.59. The molecule has 0 amide bonds. The molecule has 0 spiro atoms. The van der Waals surface area contributed by atoms with Crippen LogP contribution in [0.4, 0.5) is 23.4 Å². The lowest BCUT2D eigenvalue weighted by Crippen LogP contribution is -2.43. The number of hydrogen-bond acceptors (Lipinski definition) is 8. The van der Waals surface area contributed by atoms with Gasteiger partial charge in [0, 0.05) is 25.7 Å². The van der Waals surface area contributed by atoms with Gasteiger partial charge in [-0.25, -0.2) is 17.9 Å². The number of ether oxygens (including phenoxy) is 1. The van der Waals surface area contributed by atoms with E-state index in [9.17, 15) is 21.6 Å². The number of nitrogens with two attached hydrogens (primary N) is 1. The molecule has 7 rings (SSSR count). The molecule has 4 aromatic rings. The molecule has 250 valence electrons. The highest BCUT2D eigenvalue weighted by molar-refractivity contribution is 7.89. The zero-order chi connectivity index (χ0) is 33.0. The van der Waals surface area contributed by atoms with Gasteiger partial charge in [-0.2, -0.15) is 23.1 Å². The Morgan fingerprint density at radius 1 is 1.02 bits per heavy atom. The first-order valence-electron chi connectivity index (χ1n) is 16.0. The molecule has 0 saturated carbocycles. The van der Waals surface area contributed by atoms with Crippen LogP contribution in [-0.2, 0) is 22.6 Å². The molecule has 47 heavy (non-hydrogen) atoms. The molecule has 2 aromatic carbocycles. The number of sulfonamides is 1. The Hall–Kier alpha value is -3.62. The topological polar surface area (TPSA) is 115 Å². The van der Waals surface area contributed by atoms with E-state index in [-0.39, 0.29) is 51.8 Å². The van der Waals surface area contributed by atoms with E-state index in [1.165, 1.54) is 12.3 Å². The van der Waals surface area contributed by atoms with Gasteiger partial charge in [-0.1, -0.05) is 30.3 Å². The van der Waals surface area contributed by atoms with Gasteiger partial charge in [0.25, 0.3) is 0 Å². The largest absolute Gasteiger partial charge is 0.461 e. The first-order valence-corrected chi connectivity index (χ1v) is 17.7. The fraction of sp³-hybridized carbons (Fsp3) is 0.485. The molecule has 0 aliphatic carbocycles. The number of piperidine rings is 1. The number of fused-ring (bicyclic) bond motifs is 3. The summed E-state index contributed by atoms with van der Waals surface area (Å²) in [6, 6.07) is 8.76. The van der Waals surface area contributed by atoms with Gasteiger partial charge < -0.3 is 9.64 Å². The lowest BCUT2D eigenvalue weighted by atomic mass is 9.95. The molecular formula is C33H36F4N6O3S. The molecule has 0 radical (unpaired) electrons. The van der Waals surface area contributed by atoms with Crippen molar-refractivity contribution in [3.63, 3.8) is 0 Å². The van der Waals surface area contributed by atoms with Gasteiger partial charge in [0.15, 0.2) is 5.82 Å². The molecule has 0 bridgehead atoms. The maximum atomic E-state index is 16.5. The van der Waals surface area contributed by atoms with Crippen molar-refractivity contribution in [3.05, 3.63) is 65.2 Å². The molecule has 9 nitrogen and oxygen atoms in total. The second-order valence-corrected chi connectivity index (χ2v) is 14.8. The summed E-state index contributed by atoms with van der Waals surface area (Å²) in [6.07, 6.45) is 2.11. The van der Waals surface area contributed by atoms with Crippen LogP contribution >= 0.6 is 0 Å². The second-order valence-electron chi connectivity index (χ2n) is 13.1. The third-order valence-corrected chi connectivity index (χ3v) is 10.9. The van der Waals surface area contributed by atoms with Gasteiger partial charge in [-0.15, -0.1) is 0 Å². The number of pyridine rings is 1.